The standard InChI is InChI=1S/C11H25N3O2S/c1-11(10-14-7-4-3-5-8-14)13-17(15,16)9-6-12-2/h11-13H,3-10H2,1-2H3. The van der Waals surface area contributed by atoms with Gasteiger partial charge in [-0.25, -0.2) is 13.1 Å². The van der Waals surface area contributed by atoms with Crippen molar-refractivity contribution in [1.29, 1.82) is 0 Å². The second-order valence-corrected chi connectivity index (χ2v) is 6.68. The Kier molecular flexibility index (Phi) is 6.40. The van der Waals surface area contributed by atoms with E-state index in [1.807, 2.05) is 6.92 Å². The van der Waals surface area contributed by atoms with Gasteiger partial charge in [0.25, 0.3) is 0 Å². The van der Waals surface area contributed by atoms with Gasteiger partial charge in [-0.15, -0.1) is 0 Å². The lowest BCUT2D eigenvalue weighted by Gasteiger charge is -2.29. The van der Waals surface area contributed by atoms with Gasteiger partial charge in [-0.05, 0) is 39.9 Å². The van der Waals surface area contributed by atoms with E-state index >= 15 is 0 Å². The Balaban J connectivity index is 2.29. The first kappa shape index (κ1) is 14.9. The lowest BCUT2D eigenvalue weighted by Crippen LogP contribution is -2.45. The second kappa shape index (κ2) is 7.31. The van der Waals surface area contributed by atoms with E-state index < -0.39 is 10.0 Å². The zero-order valence-corrected chi connectivity index (χ0v) is 11.7. The Labute approximate surface area is 105 Å². The first-order valence-corrected chi connectivity index (χ1v) is 8.05. The molecule has 1 saturated heterocycles. The van der Waals surface area contributed by atoms with Gasteiger partial charge < -0.3 is 10.2 Å². The van der Waals surface area contributed by atoms with E-state index in [-0.39, 0.29) is 11.8 Å². The summed E-state index contributed by atoms with van der Waals surface area (Å²) in [6.45, 7) is 5.45. The molecule has 0 aliphatic carbocycles. The molecule has 0 saturated carbocycles. The summed E-state index contributed by atoms with van der Waals surface area (Å²) in [5.74, 6) is 0.147. The van der Waals surface area contributed by atoms with Gasteiger partial charge in [-0.3, -0.25) is 0 Å². The summed E-state index contributed by atoms with van der Waals surface area (Å²) in [6.07, 6.45) is 3.78. The highest BCUT2D eigenvalue weighted by Gasteiger charge is 2.17. The zero-order chi connectivity index (χ0) is 12.7. The van der Waals surface area contributed by atoms with E-state index in [1.165, 1.54) is 19.3 Å². The van der Waals surface area contributed by atoms with E-state index in [4.69, 9.17) is 0 Å². The van der Waals surface area contributed by atoms with E-state index in [0.717, 1.165) is 19.6 Å². The Morgan fingerprint density at radius 2 is 1.88 bits per heavy atom. The highest BCUT2D eigenvalue weighted by Crippen LogP contribution is 2.08. The average Bonchev–Trinajstić information content (AvgIpc) is 2.27. The molecule has 0 aromatic rings. The van der Waals surface area contributed by atoms with Crippen molar-refractivity contribution in [3.8, 4) is 0 Å². The summed E-state index contributed by atoms with van der Waals surface area (Å²) in [4.78, 5) is 2.34. The molecule has 17 heavy (non-hydrogen) atoms. The smallest absolute Gasteiger partial charge is 0.213 e. The first-order chi connectivity index (χ1) is 8.03. The van der Waals surface area contributed by atoms with Gasteiger partial charge >= 0.3 is 0 Å². The van der Waals surface area contributed by atoms with E-state index in [9.17, 15) is 8.42 Å². The number of nitrogens with zero attached hydrogens (tertiary/aromatic N) is 1. The van der Waals surface area contributed by atoms with E-state index in [2.05, 4.69) is 14.9 Å². The molecule has 6 heteroatoms. The molecule has 1 rings (SSSR count). The van der Waals surface area contributed by atoms with Crippen LogP contribution in [-0.4, -0.2) is 58.3 Å². The number of hydrogen-bond donors (Lipinski definition) is 2. The van der Waals surface area contributed by atoms with Crippen molar-refractivity contribution in [3.05, 3.63) is 0 Å². The molecule has 0 radical (unpaired) electrons. The number of hydrogen-bond acceptors (Lipinski definition) is 4. The van der Waals surface area contributed by atoms with Crippen LogP contribution < -0.4 is 10.0 Å². The maximum absolute atomic E-state index is 11.7. The molecule has 1 aliphatic heterocycles. The van der Waals surface area contributed by atoms with Crippen LogP contribution in [0, 0.1) is 0 Å². The highest BCUT2D eigenvalue weighted by atomic mass is 32.2. The third kappa shape index (κ3) is 6.35. The van der Waals surface area contributed by atoms with Crippen molar-refractivity contribution >= 4 is 10.0 Å². The lowest BCUT2D eigenvalue weighted by atomic mass is 10.1. The predicted molar refractivity (Wildman–Crippen MR) is 70.6 cm³/mol. The number of piperidine rings is 1. The van der Waals surface area contributed by atoms with Crippen LogP contribution >= 0.6 is 0 Å². The molecule has 0 bridgehead atoms. The monoisotopic (exact) mass is 263 g/mol. The molecule has 0 amide bonds. The Morgan fingerprint density at radius 1 is 1.24 bits per heavy atom. The molecule has 1 atom stereocenters. The van der Waals surface area contributed by atoms with Gasteiger partial charge in [0.15, 0.2) is 0 Å². The Morgan fingerprint density at radius 3 is 2.47 bits per heavy atom. The van der Waals surface area contributed by atoms with Crippen LogP contribution in [0.25, 0.3) is 0 Å². The number of likely N-dealkylation sites (tertiary alicyclic amines) is 1. The van der Waals surface area contributed by atoms with Crippen LogP contribution in [0.1, 0.15) is 26.2 Å². The van der Waals surface area contributed by atoms with Crippen LogP contribution in [0.2, 0.25) is 0 Å². The first-order valence-electron chi connectivity index (χ1n) is 6.40. The second-order valence-electron chi connectivity index (χ2n) is 4.80. The predicted octanol–water partition coefficient (Wildman–Crippen LogP) is -0.000400. The fraction of sp³-hybridized carbons (Fsp3) is 1.00. The quantitative estimate of drug-likeness (QED) is 0.679. The molecule has 1 aliphatic rings. The van der Waals surface area contributed by atoms with Gasteiger partial charge in [0, 0.05) is 19.1 Å². The fourth-order valence-corrected chi connectivity index (χ4v) is 3.45. The van der Waals surface area contributed by atoms with E-state index in [1.54, 1.807) is 7.05 Å². The Bertz CT molecular complexity index is 300. The molecule has 1 fully saturated rings. The summed E-state index contributed by atoms with van der Waals surface area (Å²) in [7, 11) is -1.38. The van der Waals surface area contributed by atoms with Gasteiger partial charge in [0.1, 0.15) is 0 Å². The van der Waals surface area contributed by atoms with Crippen LogP contribution in [0.3, 0.4) is 0 Å². The molecule has 5 nitrogen and oxygen atoms in total. The molecular weight excluding hydrogens is 238 g/mol. The Hall–Kier alpha value is -0.170. The van der Waals surface area contributed by atoms with Crippen LogP contribution in [0.4, 0.5) is 0 Å². The van der Waals surface area contributed by atoms with E-state index in [0.29, 0.717) is 6.54 Å². The third-order valence-electron chi connectivity index (χ3n) is 2.98. The van der Waals surface area contributed by atoms with Crippen molar-refractivity contribution in [2.24, 2.45) is 0 Å². The summed E-state index contributed by atoms with van der Waals surface area (Å²) < 4.78 is 26.1. The van der Waals surface area contributed by atoms with Crippen molar-refractivity contribution in [3.63, 3.8) is 0 Å². The number of rotatable bonds is 7. The van der Waals surface area contributed by atoms with Gasteiger partial charge in [-0.1, -0.05) is 6.42 Å². The lowest BCUT2D eigenvalue weighted by molar-refractivity contribution is 0.215. The molecule has 2 N–H and O–H groups in total. The highest BCUT2D eigenvalue weighted by molar-refractivity contribution is 7.89. The zero-order valence-electron chi connectivity index (χ0n) is 10.9. The summed E-state index contributed by atoms with van der Waals surface area (Å²) in [6, 6.07) is -0.00467. The maximum atomic E-state index is 11.7. The molecule has 102 valence electrons. The van der Waals surface area contributed by atoms with Crippen LogP contribution in [-0.2, 0) is 10.0 Å². The average molecular weight is 263 g/mol. The normalized spacial score (nSPS) is 20.4. The summed E-state index contributed by atoms with van der Waals surface area (Å²) in [5, 5.41) is 2.85. The molecular formula is C11H25N3O2S. The SMILES string of the molecule is CNCCS(=O)(=O)NC(C)CN1CCCCC1. The van der Waals surface area contributed by atoms with Gasteiger partial charge in [0.2, 0.25) is 10.0 Å². The van der Waals surface area contributed by atoms with Crippen LogP contribution in [0.5, 0.6) is 0 Å². The molecule has 1 heterocycles. The number of nitrogens with one attached hydrogen (secondary N) is 2. The van der Waals surface area contributed by atoms with Crippen molar-refractivity contribution in [2.75, 3.05) is 39.0 Å². The maximum Gasteiger partial charge on any atom is 0.213 e. The third-order valence-corrected chi connectivity index (χ3v) is 4.49. The topological polar surface area (TPSA) is 61.4 Å². The van der Waals surface area contributed by atoms with Crippen LogP contribution in [0.15, 0.2) is 0 Å². The largest absolute Gasteiger partial charge is 0.319 e. The summed E-state index contributed by atoms with van der Waals surface area (Å²) >= 11 is 0. The van der Waals surface area contributed by atoms with Crippen molar-refractivity contribution in [2.45, 2.75) is 32.2 Å². The minimum absolute atomic E-state index is 0.00467. The minimum atomic E-state index is -3.13. The van der Waals surface area contributed by atoms with Gasteiger partial charge in [0.05, 0.1) is 5.75 Å². The van der Waals surface area contributed by atoms with Crippen molar-refractivity contribution in [1.82, 2.24) is 14.9 Å². The fourth-order valence-electron chi connectivity index (χ4n) is 2.17. The van der Waals surface area contributed by atoms with Gasteiger partial charge in [-0.2, -0.15) is 0 Å². The molecule has 1 unspecified atom stereocenters. The molecule has 0 aromatic heterocycles. The number of sulfonamides is 1. The summed E-state index contributed by atoms with van der Waals surface area (Å²) in [5.41, 5.74) is 0. The molecule has 0 spiro atoms. The van der Waals surface area contributed by atoms with Crippen molar-refractivity contribution < 1.29 is 8.42 Å². The molecule has 0 aromatic carbocycles. The minimum Gasteiger partial charge on any atom is -0.319 e.